The van der Waals surface area contributed by atoms with Gasteiger partial charge in [0.25, 0.3) is 0 Å². The lowest BCUT2D eigenvalue weighted by Crippen LogP contribution is -1.83. The van der Waals surface area contributed by atoms with Crippen LogP contribution in [0.4, 0.5) is 0 Å². The van der Waals surface area contributed by atoms with Crippen molar-refractivity contribution in [1.82, 2.24) is 0 Å². The Balaban J connectivity index is 3.15. The number of allylic oxidation sites excluding steroid dienone is 2. The molecule has 0 amide bonds. The number of rotatable bonds is 10. The Morgan fingerprint density at radius 2 is 1.65 bits per heavy atom. The summed E-state index contributed by atoms with van der Waals surface area (Å²) in [5.41, 5.74) is 0. The first kappa shape index (κ1) is 16.3. The minimum Gasteiger partial charge on any atom is -0.396 e. The first-order valence-corrected chi connectivity index (χ1v) is 7.16. The molecule has 0 aromatic heterocycles. The predicted molar refractivity (Wildman–Crippen MR) is 75.8 cm³/mol. The van der Waals surface area contributed by atoms with E-state index in [1.165, 1.54) is 44.9 Å². The minimum absolute atomic E-state index is 0.347. The monoisotopic (exact) mass is 236 g/mol. The van der Waals surface area contributed by atoms with Crippen LogP contribution in [-0.4, -0.2) is 11.7 Å². The number of aliphatic hydroxyl groups is 1. The molecule has 1 heteroatoms. The first-order valence-electron chi connectivity index (χ1n) is 7.16. The Kier molecular flexibility index (Phi) is 14.6. The maximum absolute atomic E-state index is 8.62. The van der Waals surface area contributed by atoms with Crippen LogP contribution < -0.4 is 0 Å². The van der Waals surface area contributed by atoms with Gasteiger partial charge in [-0.05, 0) is 31.8 Å². The molecule has 0 rings (SSSR count). The van der Waals surface area contributed by atoms with Crippen molar-refractivity contribution in [2.45, 2.75) is 71.1 Å². The molecule has 0 aromatic rings. The van der Waals surface area contributed by atoms with Crippen molar-refractivity contribution >= 4 is 0 Å². The smallest absolute Gasteiger partial charge is 0.0431 e. The normalized spacial score (nSPS) is 10.5. The highest BCUT2D eigenvalue weighted by Crippen LogP contribution is 2.07. The highest BCUT2D eigenvalue weighted by molar-refractivity contribution is 5.14. The Morgan fingerprint density at radius 1 is 0.941 bits per heavy atom. The molecule has 1 N–H and O–H groups in total. The summed E-state index contributed by atoms with van der Waals surface area (Å²) in [6.07, 6.45) is 16.1. The van der Waals surface area contributed by atoms with Gasteiger partial charge in [-0.3, -0.25) is 0 Å². The Labute approximate surface area is 107 Å². The quantitative estimate of drug-likeness (QED) is 0.438. The van der Waals surface area contributed by atoms with Gasteiger partial charge in [0.1, 0.15) is 0 Å². The van der Waals surface area contributed by atoms with Crippen LogP contribution in [0.25, 0.3) is 0 Å². The number of hydrogen-bond donors (Lipinski definition) is 1. The minimum atomic E-state index is 0.347. The second-order valence-corrected chi connectivity index (χ2v) is 4.46. The molecule has 0 saturated heterocycles. The van der Waals surface area contributed by atoms with E-state index in [0.29, 0.717) is 6.61 Å². The van der Waals surface area contributed by atoms with Gasteiger partial charge in [-0.2, -0.15) is 0 Å². The van der Waals surface area contributed by atoms with Crippen molar-refractivity contribution in [2.75, 3.05) is 6.61 Å². The van der Waals surface area contributed by atoms with Gasteiger partial charge in [0.05, 0.1) is 0 Å². The van der Waals surface area contributed by atoms with Gasteiger partial charge in [0.2, 0.25) is 0 Å². The lowest BCUT2D eigenvalue weighted by molar-refractivity contribution is 0.282. The molecule has 0 radical (unpaired) electrons. The third-order valence-corrected chi connectivity index (χ3v) is 2.74. The average molecular weight is 236 g/mol. The second kappa shape index (κ2) is 15.3. The summed E-state index contributed by atoms with van der Waals surface area (Å²) >= 11 is 0. The molecule has 1 nitrogen and oxygen atoms in total. The van der Waals surface area contributed by atoms with Gasteiger partial charge in [-0.1, -0.05) is 56.9 Å². The molecule has 0 aliphatic rings. The maximum atomic E-state index is 8.62. The Bertz CT molecular complexity index is 219. The van der Waals surface area contributed by atoms with Gasteiger partial charge in [0.15, 0.2) is 0 Å². The van der Waals surface area contributed by atoms with E-state index in [9.17, 15) is 0 Å². The van der Waals surface area contributed by atoms with Gasteiger partial charge >= 0.3 is 0 Å². The second-order valence-electron chi connectivity index (χ2n) is 4.46. The fraction of sp³-hybridized carbons (Fsp3) is 0.750. The average Bonchev–Trinajstić information content (AvgIpc) is 2.35. The van der Waals surface area contributed by atoms with Gasteiger partial charge in [-0.15, -0.1) is 0 Å². The lowest BCUT2D eigenvalue weighted by Gasteiger charge is -1.98. The third kappa shape index (κ3) is 15.3. The first-order chi connectivity index (χ1) is 8.41. The summed E-state index contributed by atoms with van der Waals surface area (Å²) < 4.78 is 0. The van der Waals surface area contributed by atoms with Crippen molar-refractivity contribution in [1.29, 1.82) is 0 Å². The summed E-state index contributed by atoms with van der Waals surface area (Å²) in [6, 6.07) is 0. The van der Waals surface area contributed by atoms with Crippen molar-refractivity contribution in [3.63, 3.8) is 0 Å². The van der Waals surface area contributed by atoms with E-state index in [1.54, 1.807) is 0 Å². The van der Waals surface area contributed by atoms with E-state index in [4.69, 9.17) is 5.11 Å². The highest BCUT2D eigenvalue weighted by Gasteiger charge is 1.89. The van der Waals surface area contributed by atoms with E-state index in [-0.39, 0.29) is 0 Å². The summed E-state index contributed by atoms with van der Waals surface area (Å²) in [5, 5.41) is 8.62. The Hall–Kier alpha value is -0.740. The SMILES string of the molecule is CCCCC#C/C=C/CCCCCCCCO. The Morgan fingerprint density at radius 3 is 2.35 bits per heavy atom. The summed E-state index contributed by atoms with van der Waals surface area (Å²) in [5.74, 6) is 6.23. The topological polar surface area (TPSA) is 20.2 Å². The van der Waals surface area contributed by atoms with Gasteiger partial charge in [0, 0.05) is 13.0 Å². The molecule has 0 unspecified atom stereocenters. The van der Waals surface area contributed by atoms with Crippen LogP contribution in [0.2, 0.25) is 0 Å². The van der Waals surface area contributed by atoms with Gasteiger partial charge < -0.3 is 5.11 Å². The van der Waals surface area contributed by atoms with Crippen molar-refractivity contribution in [3.8, 4) is 11.8 Å². The highest BCUT2D eigenvalue weighted by atomic mass is 16.2. The summed E-state index contributed by atoms with van der Waals surface area (Å²) in [4.78, 5) is 0. The van der Waals surface area contributed by atoms with Crippen molar-refractivity contribution in [2.24, 2.45) is 0 Å². The van der Waals surface area contributed by atoms with E-state index in [1.807, 2.05) is 6.08 Å². The molecule has 0 fully saturated rings. The summed E-state index contributed by atoms with van der Waals surface area (Å²) in [6.45, 7) is 2.54. The molecule has 0 spiro atoms. The maximum Gasteiger partial charge on any atom is 0.0431 e. The predicted octanol–water partition coefficient (Wildman–Crippen LogP) is 4.46. The van der Waals surface area contributed by atoms with Crippen LogP contribution in [0.15, 0.2) is 12.2 Å². The van der Waals surface area contributed by atoms with Crippen LogP contribution in [0.1, 0.15) is 71.1 Å². The molecule has 0 heterocycles. The van der Waals surface area contributed by atoms with Crippen LogP contribution in [0.5, 0.6) is 0 Å². The summed E-state index contributed by atoms with van der Waals surface area (Å²) in [7, 11) is 0. The molecule has 0 aromatic carbocycles. The lowest BCUT2D eigenvalue weighted by atomic mass is 10.1. The van der Waals surface area contributed by atoms with Gasteiger partial charge in [-0.25, -0.2) is 0 Å². The fourth-order valence-electron chi connectivity index (χ4n) is 1.62. The molecule has 17 heavy (non-hydrogen) atoms. The van der Waals surface area contributed by atoms with E-state index < -0.39 is 0 Å². The van der Waals surface area contributed by atoms with E-state index >= 15 is 0 Å². The molecule has 98 valence electrons. The third-order valence-electron chi connectivity index (χ3n) is 2.74. The van der Waals surface area contributed by atoms with E-state index in [2.05, 4.69) is 24.8 Å². The molecule has 0 atom stereocenters. The molecular formula is C16H28O. The van der Waals surface area contributed by atoms with Crippen LogP contribution in [-0.2, 0) is 0 Å². The van der Waals surface area contributed by atoms with Crippen LogP contribution >= 0.6 is 0 Å². The fourth-order valence-corrected chi connectivity index (χ4v) is 1.62. The molecule has 0 bridgehead atoms. The number of hydrogen-bond acceptors (Lipinski definition) is 1. The molecule has 0 aliphatic heterocycles. The molecule has 0 saturated carbocycles. The zero-order valence-electron chi connectivity index (χ0n) is 11.4. The van der Waals surface area contributed by atoms with Crippen LogP contribution in [0, 0.1) is 11.8 Å². The zero-order valence-corrected chi connectivity index (χ0v) is 11.4. The number of aliphatic hydroxyl groups excluding tert-OH is 1. The standard InChI is InChI=1S/C16H28O/c1-2-3-4-5-6-7-8-9-10-11-12-13-14-15-16-17/h7-8,17H,2-4,9-16H2,1H3/b8-7+. The zero-order chi connectivity index (χ0) is 12.6. The molecule has 0 aliphatic carbocycles. The van der Waals surface area contributed by atoms with Crippen LogP contribution in [0.3, 0.4) is 0 Å². The van der Waals surface area contributed by atoms with Crippen molar-refractivity contribution < 1.29 is 5.11 Å². The largest absolute Gasteiger partial charge is 0.396 e. The van der Waals surface area contributed by atoms with Crippen molar-refractivity contribution in [3.05, 3.63) is 12.2 Å². The van der Waals surface area contributed by atoms with E-state index in [0.717, 1.165) is 19.3 Å². The number of unbranched alkanes of at least 4 members (excludes halogenated alkanes) is 8. The molecular weight excluding hydrogens is 208 g/mol.